The highest BCUT2D eigenvalue weighted by Gasteiger charge is 2.23. The number of aryl methyl sites for hydroxylation is 1. The smallest absolute Gasteiger partial charge is 0.255 e. The Morgan fingerprint density at radius 3 is 2.69 bits per heavy atom. The van der Waals surface area contributed by atoms with Crippen LogP contribution in [-0.2, 0) is 4.79 Å². The molecule has 26 heavy (non-hydrogen) atoms. The normalized spacial score (nSPS) is 16.5. The predicted molar refractivity (Wildman–Crippen MR) is 101 cm³/mol. The van der Waals surface area contributed by atoms with Crippen molar-refractivity contribution in [2.24, 2.45) is 5.92 Å². The topological polar surface area (TPSA) is 74.6 Å². The van der Waals surface area contributed by atoms with Crippen molar-refractivity contribution in [3.8, 4) is 0 Å². The Bertz CT molecular complexity index is 773. The molecular weight excluding hydrogens is 354 g/mol. The third kappa shape index (κ3) is 4.58. The molecule has 0 aliphatic carbocycles. The van der Waals surface area contributed by atoms with E-state index in [4.69, 9.17) is 16.0 Å². The van der Waals surface area contributed by atoms with Gasteiger partial charge in [-0.15, -0.1) is 0 Å². The largest absolute Gasteiger partial charge is 0.469 e. The predicted octanol–water partition coefficient (Wildman–Crippen LogP) is 2.61. The Morgan fingerprint density at radius 1 is 1.23 bits per heavy atom. The first-order valence-electron chi connectivity index (χ1n) is 8.62. The van der Waals surface area contributed by atoms with Crippen LogP contribution in [0.25, 0.3) is 0 Å². The molecular formula is C19H22ClN3O3. The maximum absolute atomic E-state index is 12.0. The van der Waals surface area contributed by atoms with Gasteiger partial charge in [0.05, 0.1) is 18.4 Å². The molecule has 138 valence electrons. The zero-order valence-corrected chi connectivity index (χ0v) is 15.4. The van der Waals surface area contributed by atoms with Gasteiger partial charge in [0.15, 0.2) is 0 Å². The van der Waals surface area contributed by atoms with Crippen LogP contribution in [0.1, 0.15) is 22.5 Å². The summed E-state index contributed by atoms with van der Waals surface area (Å²) in [6.07, 6.45) is 2.47. The van der Waals surface area contributed by atoms with E-state index in [-0.39, 0.29) is 18.4 Å². The van der Waals surface area contributed by atoms with Crippen molar-refractivity contribution < 1.29 is 14.0 Å². The average Bonchev–Trinajstić information content (AvgIpc) is 3.27. The number of nitrogens with one attached hydrogen (secondary N) is 2. The second kappa shape index (κ2) is 8.27. The Hall–Kier alpha value is -2.47. The molecule has 1 aliphatic heterocycles. The summed E-state index contributed by atoms with van der Waals surface area (Å²) in [6, 6.07) is 9.38. The van der Waals surface area contributed by atoms with Crippen LogP contribution in [0.5, 0.6) is 0 Å². The summed E-state index contributed by atoms with van der Waals surface area (Å²) < 4.78 is 5.09. The van der Waals surface area contributed by atoms with Gasteiger partial charge in [-0.1, -0.05) is 11.6 Å². The molecule has 1 aliphatic rings. The van der Waals surface area contributed by atoms with Crippen molar-refractivity contribution in [1.29, 1.82) is 0 Å². The monoisotopic (exact) mass is 375 g/mol. The number of rotatable bonds is 6. The summed E-state index contributed by atoms with van der Waals surface area (Å²) in [5.41, 5.74) is 1.60. The van der Waals surface area contributed by atoms with Crippen molar-refractivity contribution >= 4 is 29.1 Å². The zero-order chi connectivity index (χ0) is 18.5. The van der Waals surface area contributed by atoms with E-state index in [2.05, 4.69) is 15.5 Å². The van der Waals surface area contributed by atoms with Crippen LogP contribution in [-0.4, -0.2) is 38.0 Å². The molecule has 2 N–H and O–H groups in total. The van der Waals surface area contributed by atoms with Gasteiger partial charge in [-0.2, -0.15) is 0 Å². The summed E-state index contributed by atoms with van der Waals surface area (Å²) in [4.78, 5) is 26.2. The first kappa shape index (κ1) is 18.3. The number of anilines is 1. The Morgan fingerprint density at radius 2 is 2.00 bits per heavy atom. The second-order valence-corrected chi connectivity index (χ2v) is 6.89. The quantitative estimate of drug-likeness (QED) is 0.813. The summed E-state index contributed by atoms with van der Waals surface area (Å²) in [5, 5.41) is 6.23. The van der Waals surface area contributed by atoms with E-state index in [1.54, 1.807) is 13.0 Å². The number of amides is 2. The molecule has 1 aromatic carbocycles. The molecule has 1 fully saturated rings. The number of benzene rings is 1. The molecule has 1 atom stereocenters. The van der Waals surface area contributed by atoms with E-state index in [0.717, 1.165) is 30.2 Å². The van der Waals surface area contributed by atoms with Gasteiger partial charge in [-0.25, -0.2) is 0 Å². The van der Waals surface area contributed by atoms with Crippen LogP contribution in [0.2, 0.25) is 5.02 Å². The molecule has 3 rings (SSSR count). The maximum Gasteiger partial charge on any atom is 0.255 e. The molecule has 2 aromatic rings. The second-order valence-electron chi connectivity index (χ2n) is 6.45. The first-order chi connectivity index (χ1) is 12.5. The summed E-state index contributed by atoms with van der Waals surface area (Å²) >= 11 is 5.92. The van der Waals surface area contributed by atoms with Gasteiger partial charge in [0, 0.05) is 30.3 Å². The van der Waals surface area contributed by atoms with Gasteiger partial charge in [-0.3, -0.25) is 9.59 Å². The molecule has 1 unspecified atom stereocenters. The highest BCUT2D eigenvalue weighted by atomic mass is 35.5. The fourth-order valence-corrected chi connectivity index (χ4v) is 3.21. The third-order valence-corrected chi connectivity index (χ3v) is 4.83. The van der Waals surface area contributed by atoms with Crippen LogP contribution in [0, 0.1) is 12.8 Å². The number of hydrogen-bond acceptors (Lipinski definition) is 4. The molecule has 1 saturated heterocycles. The average molecular weight is 376 g/mol. The highest BCUT2D eigenvalue weighted by Crippen LogP contribution is 2.24. The number of halogens is 1. The molecule has 2 amide bonds. The standard InChI is InChI=1S/C19H22ClN3O3/c1-13-17(7-9-26-13)19(25)22-11-18(24)21-10-14-6-8-23(12-14)16-4-2-15(20)3-5-16/h2-5,7,9,14H,6,8,10-12H2,1H3,(H,21,24)(H,22,25). The molecule has 6 nitrogen and oxygen atoms in total. The summed E-state index contributed by atoms with van der Waals surface area (Å²) in [7, 11) is 0. The lowest BCUT2D eigenvalue weighted by Gasteiger charge is -2.19. The molecule has 0 bridgehead atoms. The SMILES string of the molecule is Cc1occc1C(=O)NCC(=O)NCC1CCN(c2ccc(Cl)cc2)C1. The van der Waals surface area contributed by atoms with Gasteiger partial charge in [-0.05, 0) is 49.6 Å². The molecule has 0 spiro atoms. The molecule has 0 saturated carbocycles. The number of carbonyl (C=O) groups excluding carboxylic acids is 2. The lowest BCUT2D eigenvalue weighted by Crippen LogP contribution is -2.39. The van der Waals surface area contributed by atoms with Crippen LogP contribution in [0.15, 0.2) is 41.0 Å². The molecule has 1 aromatic heterocycles. The Kier molecular flexibility index (Phi) is 5.83. The number of nitrogens with zero attached hydrogens (tertiary/aromatic N) is 1. The minimum Gasteiger partial charge on any atom is -0.469 e. The lowest BCUT2D eigenvalue weighted by atomic mass is 10.1. The van der Waals surface area contributed by atoms with Crippen molar-refractivity contribution in [3.05, 3.63) is 52.9 Å². The van der Waals surface area contributed by atoms with E-state index in [0.29, 0.717) is 23.8 Å². The number of furan rings is 1. The van der Waals surface area contributed by atoms with E-state index in [9.17, 15) is 9.59 Å². The van der Waals surface area contributed by atoms with Gasteiger partial charge >= 0.3 is 0 Å². The van der Waals surface area contributed by atoms with E-state index < -0.39 is 0 Å². The zero-order valence-electron chi connectivity index (χ0n) is 14.6. The van der Waals surface area contributed by atoms with Gasteiger partial charge in [0.1, 0.15) is 5.76 Å². The van der Waals surface area contributed by atoms with Crippen LogP contribution >= 0.6 is 11.6 Å². The lowest BCUT2D eigenvalue weighted by molar-refractivity contribution is -0.120. The van der Waals surface area contributed by atoms with Crippen molar-refractivity contribution in [2.75, 3.05) is 31.1 Å². The number of hydrogen-bond donors (Lipinski definition) is 2. The Labute approximate surface area is 157 Å². The fraction of sp³-hybridized carbons (Fsp3) is 0.368. The van der Waals surface area contributed by atoms with Crippen LogP contribution < -0.4 is 15.5 Å². The summed E-state index contributed by atoms with van der Waals surface area (Å²) in [5.74, 6) is 0.434. The maximum atomic E-state index is 12.0. The molecule has 7 heteroatoms. The minimum absolute atomic E-state index is 0.0446. The van der Waals surface area contributed by atoms with Crippen LogP contribution in [0.3, 0.4) is 0 Å². The summed E-state index contributed by atoms with van der Waals surface area (Å²) in [6.45, 7) is 4.11. The fourth-order valence-electron chi connectivity index (χ4n) is 3.08. The van der Waals surface area contributed by atoms with E-state index >= 15 is 0 Å². The Balaban J connectivity index is 1.39. The van der Waals surface area contributed by atoms with Gasteiger partial charge < -0.3 is 20.0 Å². The minimum atomic E-state index is -0.304. The third-order valence-electron chi connectivity index (χ3n) is 4.58. The molecule has 0 radical (unpaired) electrons. The first-order valence-corrected chi connectivity index (χ1v) is 9.00. The van der Waals surface area contributed by atoms with E-state index in [1.807, 2.05) is 24.3 Å². The van der Waals surface area contributed by atoms with Crippen molar-refractivity contribution in [3.63, 3.8) is 0 Å². The number of carbonyl (C=O) groups is 2. The van der Waals surface area contributed by atoms with Crippen LogP contribution in [0.4, 0.5) is 5.69 Å². The van der Waals surface area contributed by atoms with E-state index in [1.165, 1.54) is 6.26 Å². The van der Waals surface area contributed by atoms with Gasteiger partial charge in [0.2, 0.25) is 5.91 Å². The van der Waals surface area contributed by atoms with Crippen molar-refractivity contribution in [2.45, 2.75) is 13.3 Å². The molecule has 2 heterocycles. The highest BCUT2D eigenvalue weighted by molar-refractivity contribution is 6.30. The van der Waals surface area contributed by atoms with Gasteiger partial charge in [0.25, 0.3) is 5.91 Å². The van der Waals surface area contributed by atoms with Crippen molar-refractivity contribution in [1.82, 2.24) is 10.6 Å².